The highest BCUT2D eigenvalue weighted by atomic mass is 16.1. The lowest BCUT2D eigenvalue weighted by molar-refractivity contribution is -0.127. The summed E-state index contributed by atoms with van der Waals surface area (Å²) in [6.07, 6.45) is 12.3. The zero-order chi connectivity index (χ0) is 11.9. The van der Waals surface area contributed by atoms with E-state index in [0.29, 0.717) is 11.5 Å². The van der Waals surface area contributed by atoms with Crippen molar-refractivity contribution in [1.82, 2.24) is 5.32 Å². The SMILES string of the molecule is NC(=O)C1(NC2CC2)CCC2(CCCC2)CC1. The zero-order valence-electron chi connectivity index (χ0n) is 10.6. The third kappa shape index (κ3) is 2.10. The minimum atomic E-state index is -0.366. The summed E-state index contributed by atoms with van der Waals surface area (Å²) in [4.78, 5) is 11.8. The van der Waals surface area contributed by atoms with E-state index < -0.39 is 0 Å². The minimum absolute atomic E-state index is 0.114. The molecule has 3 rings (SSSR count). The van der Waals surface area contributed by atoms with Crippen molar-refractivity contribution in [3.63, 3.8) is 0 Å². The first-order chi connectivity index (χ1) is 8.14. The maximum absolute atomic E-state index is 11.8. The van der Waals surface area contributed by atoms with Gasteiger partial charge in [0.2, 0.25) is 5.91 Å². The molecule has 0 aromatic carbocycles. The summed E-state index contributed by atoms with van der Waals surface area (Å²) in [5.74, 6) is -0.114. The van der Waals surface area contributed by atoms with Crippen LogP contribution < -0.4 is 11.1 Å². The van der Waals surface area contributed by atoms with Crippen LogP contribution >= 0.6 is 0 Å². The van der Waals surface area contributed by atoms with Gasteiger partial charge in [-0.25, -0.2) is 0 Å². The average Bonchev–Trinajstić information content (AvgIpc) is 3.01. The number of carbonyl (C=O) groups excluding carboxylic acids is 1. The van der Waals surface area contributed by atoms with Gasteiger partial charge in [0.1, 0.15) is 0 Å². The van der Waals surface area contributed by atoms with Crippen LogP contribution in [-0.4, -0.2) is 17.5 Å². The summed E-state index contributed by atoms with van der Waals surface area (Å²) in [6, 6.07) is 0.570. The summed E-state index contributed by atoms with van der Waals surface area (Å²) >= 11 is 0. The van der Waals surface area contributed by atoms with E-state index in [1.54, 1.807) is 0 Å². The molecule has 3 fully saturated rings. The molecule has 0 aromatic rings. The number of hydrogen-bond acceptors (Lipinski definition) is 2. The zero-order valence-corrected chi connectivity index (χ0v) is 10.6. The first kappa shape index (κ1) is 11.5. The molecule has 3 N–H and O–H groups in total. The van der Waals surface area contributed by atoms with E-state index >= 15 is 0 Å². The third-order valence-electron chi connectivity index (χ3n) is 5.36. The fourth-order valence-corrected chi connectivity index (χ4v) is 3.91. The molecule has 0 bridgehead atoms. The Hall–Kier alpha value is -0.570. The first-order valence-electron chi connectivity index (χ1n) is 7.22. The lowest BCUT2D eigenvalue weighted by Gasteiger charge is -2.44. The summed E-state index contributed by atoms with van der Waals surface area (Å²) < 4.78 is 0. The molecule has 96 valence electrons. The highest BCUT2D eigenvalue weighted by Gasteiger charge is 2.48. The molecule has 3 aliphatic carbocycles. The van der Waals surface area contributed by atoms with Gasteiger partial charge < -0.3 is 11.1 Å². The largest absolute Gasteiger partial charge is 0.368 e. The Balaban J connectivity index is 1.68. The number of amides is 1. The maximum atomic E-state index is 11.8. The van der Waals surface area contributed by atoms with Crippen LogP contribution in [-0.2, 0) is 4.79 Å². The van der Waals surface area contributed by atoms with Gasteiger partial charge in [0.25, 0.3) is 0 Å². The second kappa shape index (κ2) is 3.98. The second-order valence-corrected chi connectivity index (χ2v) is 6.57. The number of hydrogen-bond donors (Lipinski definition) is 2. The van der Waals surface area contributed by atoms with Crippen LogP contribution in [0.15, 0.2) is 0 Å². The lowest BCUT2D eigenvalue weighted by Crippen LogP contribution is -2.59. The van der Waals surface area contributed by atoms with E-state index in [-0.39, 0.29) is 11.4 Å². The van der Waals surface area contributed by atoms with Gasteiger partial charge in [-0.15, -0.1) is 0 Å². The Bertz CT molecular complexity index is 306. The highest BCUT2D eigenvalue weighted by molar-refractivity contribution is 5.84. The molecule has 1 amide bonds. The number of rotatable bonds is 3. The van der Waals surface area contributed by atoms with Gasteiger partial charge in [0, 0.05) is 6.04 Å². The van der Waals surface area contributed by atoms with Crippen LogP contribution in [0.3, 0.4) is 0 Å². The molecule has 0 aromatic heterocycles. The van der Waals surface area contributed by atoms with Crippen LogP contribution in [0.1, 0.15) is 64.2 Å². The predicted molar refractivity (Wildman–Crippen MR) is 67.5 cm³/mol. The van der Waals surface area contributed by atoms with Gasteiger partial charge in [-0.1, -0.05) is 12.8 Å². The van der Waals surface area contributed by atoms with Gasteiger partial charge in [0.05, 0.1) is 5.54 Å². The van der Waals surface area contributed by atoms with Gasteiger partial charge in [0.15, 0.2) is 0 Å². The normalized spacial score (nSPS) is 30.6. The molecule has 0 unspecified atom stereocenters. The van der Waals surface area contributed by atoms with Gasteiger partial charge in [-0.05, 0) is 56.8 Å². The highest BCUT2D eigenvalue weighted by Crippen LogP contribution is 2.51. The molecule has 0 radical (unpaired) electrons. The first-order valence-corrected chi connectivity index (χ1v) is 7.22. The molecule has 17 heavy (non-hydrogen) atoms. The topological polar surface area (TPSA) is 55.1 Å². The third-order valence-corrected chi connectivity index (χ3v) is 5.36. The van der Waals surface area contributed by atoms with Crippen molar-refractivity contribution < 1.29 is 4.79 Å². The molecule has 0 atom stereocenters. The van der Waals surface area contributed by atoms with E-state index in [9.17, 15) is 4.79 Å². The molecule has 1 spiro atoms. The Labute approximate surface area is 104 Å². The van der Waals surface area contributed by atoms with Crippen LogP contribution in [0.4, 0.5) is 0 Å². The summed E-state index contributed by atoms with van der Waals surface area (Å²) in [5.41, 5.74) is 5.87. The molecule has 3 saturated carbocycles. The van der Waals surface area contributed by atoms with Crippen molar-refractivity contribution in [2.45, 2.75) is 75.8 Å². The molecular weight excluding hydrogens is 212 g/mol. The fourth-order valence-electron chi connectivity index (χ4n) is 3.91. The van der Waals surface area contributed by atoms with Gasteiger partial charge in [-0.3, -0.25) is 4.79 Å². The van der Waals surface area contributed by atoms with Crippen molar-refractivity contribution in [2.24, 2.45) is 11.1 Å². The monoisotopic (exact) mass is 236 g/mol. The Kier molecular flexibility index (Phi) is 2.69. The van der Waals surface area contributed by atoms with Crippen molar-refractivity contribution in [3.8, 4) is 0 Å². The molecule has 0 saturated heterocycles. The smallest absolute Gasteiger partial charge is 0.237 e. The fraction of sp³-hybridized carbons (Fsp3) is 0.929. The number of primary amides is 1. The lowest BCUT2D eigenvalue weighted by atomic mass is 9.66. The van der Waals surface area contributed by atoms with Crippen LogP contribution in [0, 0.1) is 5.41 Å². The van der Waals surface area contributed by atoms with Crippen molar-refractivity contribution >= 4 is 5.91 Å². The Morgan fingerprint density at radius 1 is 1.00 bits per heavy atom. The Morgan fingerprint density at radius 2 is 1.59 bits per heavy atom. The van der Waals surface area contributed by atoms with E-state index in [0.717, 1.165) is 12.8 Å². The standard InChI is InChI=1S/C14H24N2O/c15-12(17)14(16-11-3-4-11)9-7-13(8-10-14)5-1-2-6-13/h11,16H,1-10H2,(H2,15,17). The summed E-state index contributed by atoms with van der Waals surface area (Å²) in [6.45, 7) is 0. The van der Waals surface area contributed by atoms with E-state index in [1.165, 1.54) is 51.4 Å². The molecule has 3 heteroatoms. The van der Waals surface area contributed by atoms with Crippen LogP contribution in [0.2, 0.25) is 0 Å². The predicted octanol–water partition coefficient (Wildman–Crippen LogP) is 2.10. The molecule has 0 aliphatic heterocycles. The van der Waals surface area contributed by atoms with Gasteiger partial charge >= 0.3 is 0 Å². The van der Waals surface area contributed by atoms with E-state index in [2.05, 4.69) is 5.32 Å². The molecule has 0 heterocycles. The van der Waals surface area contributed by atoms with Gasteiger partial charge in [-0.2, -0.15) is 0 Å². The van der Waals surface area contributed by atoms with Crippen molar-refractivity contribution in [2.75, 3.05) is 0 Å². The van der Waals surface area contributed by atoms with E-state index in [4.69, 9.17) is 5.73 Å². The maximum Gasteiger partial charge on any atom is 0.237 e. The summed E-state index contributed by atoms with van der Waals surface area (Å²) in [7, 11) is 0. The second-order valence-electron chi connectivity index (χ2n) is 6.57. The number of nitrogens with two attached hydrogens (primary N) is 1. The number of carbonyl (C=O) groups is 1. The average molecular weight is 236 g/mol. The quantitative estimate of drug-likeness (QED) is 0.788. The summed E-state index contributed by atoms with van der Waals surface area (Å²) in [5, 5.41) is 3.54. The van der Waals surface area contributed by atoms with Crippen molar-refractivity contribution in [1.29, 1.82) is 0 Å². The molecule has 3 aliphatic rings. The van der Waals surface area contributed by atoms with Crippen molar-refractivity contribution in [3.05, 3.63) is 0 Å². The number of nitrogens with one attached hydrogen (secondary N) is 1. The minimum Gasteiger partial charge on any atom is -0.368 e. The van der Waals surface area contributed by atoms with Crippen LogP contribution in [0.5, 0.6) is 0 Å². The Morgan fingerprint density at radius 3 is 2.06 bits per heavy atom. The molecule has 3 nitrogen and oxygen atoms in total. The van der Waals surface area contributed by atoms with Crippen LogP contribution in [0.25, 0.3) is 0 Å². The van der Waals surface area contributed by atoms with E-state index in [1.807, 2.05) is 0 Å². The molecular formula is C14H24N2O.